The molecule has 0 fully saturated rings. The van der Waals surface area contributed by atoms with Gasteiger partial charge in [-0.25, -0.2) is 9.59 Å². The number of hydrogen-bond donors (Lipinski definition) is 2. The third-order valence-corrected chi connectivity index (χ3v) is 6.64. The van der Waals surface area contributed by atoms with Crippen molar-refractivity contribution in [2.75, 3.05) is 5.73 Å². The summed E-state index contributed by atoms with van der Waals surface area (Å²) in [4.78, 5) is 56.5. The average Bonchev–Trinajstić information content (AvgIpc) is 3.27. The summed E-state index contributed by atoms with van der Waals surface area (Å²) in [6.45, 7) is 3.89. The topological polar surface area (TPSA) is 130 Å². The Labute approximate surface area is 179 Å². The van der Waals surface area contributed by atoms with Gasteiger partial charge in [0.1, 0.15) is 11.5 Å². The highest BCUT2D eigenvalue weighted by molar-refractivity contribution is 7.12. The van der Waals surface area contributed by atoms with Gasteiger partial charge in [-0.15, -0.1) is 11.3 Å². The van der Waals surface area contributed by atoms with E-state index in [-0.39, 0.29) is 28.0 Å². The summed E-state index contributed by atoms with van der Waals surface area (Å²) in [5.74, 6) is -0.0595. The largest absolute Gasteiger partial charge is 0.384 e. The molecule has 0 aliphatic rings. The zero-order chi connectivity index (χ0) is 22.9. The molecule has 0 aliphatic carbocycles. The van der Waals surface area contributed by atoms with Crippen LogP contribution in [-0.4, -0.2) is 23.3 Å². The Morgan fingerprint density at radius 3 is 2.00 bits per heavy atom. The van der Waals surface area contributed by atoms with E-state index in [1.807, 2.05) is 19.9 Å². The second kappa shape index (κ2) is 6.71. The van der Waals surface area contributed by atoms with Crippen molar-refractivity contribution < 1.29 is 0 Å². The number of aromatic nitrogens is 5. The van der Waals surface area contributed by atoms with Gasteiger partial charge >= 0.3 is 11.4 Å². The Hall–Kier alpha value is -3.60. The van der Waals surface area contributed by atoms with E-state index in [1.54, 1.807) is 18.4 Å². The smallest absolute Gasteiger partial charge is 0.332 e. The van der Waals surface area contributed by atoms with Gasteiger partial charge in [0.2, 0.25) is 0 Å². The van der Waals surface area contributed by atoms with Gasteiger partial charge < -0.3 is 10.7 Å². The van der Waals surface area contributed by atoms with Gasteiger partial charge in [0.15, 0.2) is 0 Å². The standard InChI is InChI=1S/C20H22N6O4S/c1-8-7-10(9(2)31-8)14-11(12-15(21)23(3)19(29)25(5)17(12)27)13-16(22-14)24(4)20(30)26(6)18(13)28/h7,22H,21H2,1-6H3. The van der Waals surface area contributed by atoms with Gasteiger partial charge in [-0.2, -0.15) is 0 Å². The molecule has 4 aromatic heterocycles. The fraction of sp³-hybridized carbons (Fsp3) is 0.300. The predicted molar refractivity (Wildman–Crippen MR) is 122 cm³/mol. The Morgan fingerprint density at radius 2 is 1.42 bits per heavy atom. The number of aryl methyl sites for hydroxylation is 3. The van der Waals surface area contributed by atoms with E-state index in [9.17, 15) is 19.2 Å². The molecule has 4 rings (SSSR count). The number of nitrogens with one attached hydrogen (secondary N) is 1. The molecule has 0 aliphatic heterocycles. The molecule has 4 aromatic rings. The van der Waals surface area contributed by atoms with Gasteiger partial charge in [-0.1, -0.05) is 0 Å². The fourth-order valence-corrected chi connectivity index (χ4v) is 4.88. The molecule has 4 heterocycles. The molecule has 10 nitrogen and oxygen atoms in total. The Kier molecular flexibility index (Phi) is 4.47. The molecule has 0 spiro atoms. The summed E-state index contributed by atoms with van der Waals surface area (Å²) in [7, 11) is 5.74. The number of H-pyrrole nitrogens is 1. The molecule has 11 heteroatoms. The van der Waals surface area contributed by atoms with Crippen LogP contribution in [0.2, 0.25) is 0 Å². The van der Waals surface area contributed by atoms with Crippen molar-refractivity contribution in [2.24, 2.45) is 28.2 Å². The molecule has 0 aromatic carbocycles. The van der Waals surface area contributed by atoms with Crippen LogP contribution in [0.15, 0.2) is 25.2 Å². The van der Waals surface area contributed by atoms with Crippen molar-refractivity contribution in [1.82, 2.24) is 23.3 Å². The molecule has 3 N–H and O–H groups in total. The van der Waals surface area contributed by atoms with E-state index in [2.05, 4.69) is 4.98 Å². The van der Waals surface area contributed by atoms with Crippen LogP contribution in [0.1, 0.15) is 9.75 Å². The minimum atomic E-state index is -0.622. The van der Waals surface area contributed by atoms with E-state index >= 15 is 0 Å². The van der Waals surface area contributed by atoms with Crippen LogP contribution < -0.4 is 28.2 Å². The van der Waals surface area contributed by atoms with Crippen molar-refractivity contribution in [3.8, 4) is 22.4 Å². The molecular weight excluding hydrogens is 420 g/mol. The van der Waals surface area contributed by atoms with E-state index < -0.39 is 22.5 Å². The minimum absolute atomic E-state index is 0.0323. The van der Waals surface area contributed by atoms with Crippen LogP contribution in [-0.2, 0) is 28.2 Å². The quantitative estimate of drug-likeness (QED) is 0.468. The van der Waals surface area contributed by atoms with E-state index in [0.717, 1.165) is 29.0 Å². The van der Waals surface area contributed by atoms with E-state index in [1.165, 1.54) is 25.7 Å². The van der Waals surface area contributed by atoms with Crippen LogP contribution in [0.5, 0.6) is 0 Å². The molecule has 0 amide bonds. The molecule has 0 unspecified atom stereocenters. The van der Waals surface area contributed by atoms with Gasteiger partial charge in [0, 0.05) is 49.1 Å². The summed E-state index contributed by atoms with van der Waals surface area (Å²) >= 11 is 1.57. The lowest BCUT2D eigenvalue weighted by molar-refractivity contribution is 0.696. The molecule has 0 saturated heterocycles. The number of anilines is 1. The number of rotatable bonds is 2. The Balaban J connectivity index is 2.37. The van der Waals surface area contributed by atoms with Crippen molar-refractivity contribution in [2.45, 2.75) is 13.8 Å². The maximum atomic E-state index is 13.2. The average molecular weight is 443 g/mol. The first-order chi connectivity index (χ1) is 14.5. The highest BCUT2D eigenvalue weighted by atomic mass is 32.1. The minimum Gasteiger partial charge on any atom is -0.384 e. The normalized spacial score (nSPS) is 11.5. The summed E-state index contributed by atoms with van der Waals surface area (Å²) in [6, 6.07) is 1.94. The van der Waals surface area contributed by atoms with Gasteiger partial charge in [-0.05, 0) is 19.9 Å². The molecule has 0 atom stereocenters. The number of aromatic amines is 1. The zero-order valence-electron chi connectivity index (χ0n) is 18.0. The Morgan fingerprint density at radius 1 is 0.839 bits per heavy atom. The van der Waals surface area contributed by atoms with E-state index in [0.29, 0.717) is 5.69 Å². The molecular formula is C20H22N6O4S. The Bertz CT molecular complexity index is 1640. The SMILES string of the molecule is Cc1cc(-c2[nH]c3c(c2-c2c(N)n(C)c(=O)n(C)c2=O)c(=O)n(C)c(=O)n3C)c(C)s1. The van der Waals surface area contributed by atoms with Gasteiger partial charge in [0.05, 0.1) is 16.6 Å². The number of nitrogens with zero attached hydrogens (tertiary/aromatic N) is 4. The summed E-state index contributed by atoms with van der Waals surface area (Å²) in [5, 5.41) is 0.158. The summed E-state index contributed by atoms with van der Waals surface area (Å²) in [5.41, 5.74) is 5.86. The second-order valence-corrected chi connectivity index (χ2v) is 9.06. The number of fused-ring (bicyclic) bond motifs is 1. The van der Waals surface area contributed by atoms with Crippen molar-refractivity contribution in [1.29, 1.82) is 0 Å². The summed E-state index contributed by atoms with van der Waals surface area (Å²) in [6.07, 6.45) is 0. The monoisotopic (exact) mass is 442 g/mol. The van der Waals surface area contributed by atoms with Crippen LogP contribution in [0.25, 0.3) is 33.4 Å². The number of thiophene rings is 1. The predicted octanol–water partition coefficient (Wildman–Crippen LogP) is 0.557. The van der Waals surface area contributed by atoms with Crippen LogP contribution >= 0.6 is 11.3 Å². The molecule has 31 heavy (non-hydrogen) atoms. The molecule has 162 valence electrons. The lowest BCUT2D eigenvalue weighted by Gasteiger charge is -2.13. The van der Waals surface area contributed by atoms with Gasteiger partial charge in [0.25, 0.3) is 11.1 Å². The first-order valence-corrected chi connectivity index (χ1v) is 10.2. The molecule has 0 radical (unpaired) electrons. The fourth-order valence-electron chi connectivity index (χ4n) is 3.95. The van der Waals surface area contributed by atoms with Crippen LogP contribution in [0.4, 0.5) is 5.82 Å². The van der Waals surface area contributed by atoms with Crippen molar-refractivity contribution in [3.05, 3.63) is 57.5 Å². The number of hydrogen-bond acceptors (Lipinski definition) is 6. The second-order valence-electron chi connectivity index (χ2n) is 7.60. The third kappa shape index (κ3) is 2.69. The highest BCUT2D eigenvalue weighted by Crippen LogP contribution is 2.40. The first kappa shape index (κ1) is 20.7. The maximum absolute atomic E-state index is 13.2. The van der Waals surface area contributed by atoms with Gasteiger partial charge in [-0.3, -0.25) is 27.9 Å². The van der Waals surface area contributed by atoms with Crippen molar-refractivity contribution in [3.63, 3.8) is 0 Å². The zero-order valence-corrected chi connectivity index (χ0v) is 18.8. The maximum Gasteiger partial charge on any atom is 0.332 e. The van der Waals surface area contributed by atoms with E-state index in [4.69, 9.17) is 5.73 Å². The number of nitrogen functional groups attached to an aromatic ring is 1. The molecule has 0 saturated carbocycles. The highest BCUT2D eigenvalue weighted by Gasteiger charge is 2.27. The number of nitrogens with two attached hydrogens (primary N) is 1. The third-order valence-electron chi connectivity index (χ3n) is 5.68. The van der Waals surface area contributed by atoms with Crippen LogP contribution in [0, 0.1) is 13.8 Å². The molecule has 0 bridgehead atoms. The lowest BCUT2D eigenvalue weighted by Crippen LogP contribution is -2.39. The lowest BCUT2D eigenvalue weighted by atomic mass is 10.0. The first-order valence-electron chi connectivity index (χ1n) is 9.42. The van der Waals surface area contributed by atoms with Crippen LogP contribution in [0.3, 0.4) is 0 Å². The van der Waals surface area contributed by atoms with Crippen molar-refractivity contribution >= 4 is 28.2 Å². The summed E-state index contributed by atoms with van der Waals surface area (Å²) < 4.78 is 4.42.